The Morgan fingerprint density at radius 3 is 2.68 bits per heavy atom. The molecule has 4 rings (SSSR count). The largest absolute Gasteiger partial charge is 0.285 e. The van der Waals surface area contributed by atoms with E-state index in [4.69, 9.17) is 5.14 Å². The van der Waals surface area contributed by atoms with E-state index in [2.05, 4.69) is 20.6 Å². The highest BCUT2D eigenvalue weighted by Crippen LogP contribution is 2.39. The molecule has 0 aliphatic carbocycles. The number of rotatable bonds is 4. The molecule has 0 unspecified atom stereocenters. The number of tetrazole rings is 1. The van der Waals surface area contributed by atoms with Crippen LogP contribution in [0.3, 0.4) is 0 Å². The molecule has 0 atom stereocenters. The number of H-pyrrole nitrogens is 1. The van der Waals surface area contributed by atoms with Gasteiger partial charge in [0.1, 0.15) is 6.67 Å². The summed E-state index contributed by atoms with van der Waals surface area (Å²) < 4.78 is 39.1. The first-order chi connectivity index (χ1) is 13.4. The van der Waals surface area contributed by atoms with Crippen LogP contribution in [0.15, 0.2) is 53.7 Å². The van der Waals surface area contributed by atoms with Gasteiger partial charge in [-0.05, 0) is 22.4 Å². The van der Waals surface area contributed by atoms with Crippen LogP contribution in [0, 0.1) is 0 Å². The minimum Gasteiger partial charge on any atom is -0.285 e. The number of nitrogens with two attached hydrogens (primary N) is 1. The Hall–Kier alpha value is -3.44. The molecule has 0 fully saturated rings. The highest BCUT2D eigenvalue weighted by atomic mass is 32.2. The normalized spacial score (nSPS) is 11.8. The molecule has 0 spiro atoms. The molecule has 0 bridgehead atoms. The number of aromatic nitrogens is 5. The number of fused-ring (bicyclic) bond motifs is 1. The van der Waals surface area contributed by atoms with E-state index in [1.165, 1.54) is 18.5 Å². The van der Waals surface area contributed by atoms with Gasteiger partial charge < -0.3 is 0 Å². The number of primary sulfonamides is 1. The summed E-state index contributed by atoms with van der Waals surface area (Å²) in [5.74, 6) is -0.0283. The number of hydrogen-bond acceptors (Lipinski definition) is 6. The second-order valence-electron chi connectivity index (χ2n) is 6.02. The lowest BCUT2D eigenvalue weighted by molar-refractivity contribution is -0.903. The van der Waals surface area contributed by atoms with Crippen LogP contribution in [0.25, 0.3) is 33.3 Å². The van der Waals surface area contributed by atoms with Crippen molar-refractivity contribution in [2.24, 2.45) is 5.14 Å². The maximum Gasteiger partial charge on any atom is 0.239 e. The monoisotopic (exact) mass is 401 g/mol. The Morgan fingerprint density at radius 1 is 1.18 bits per heavy atom. The van der Waals surface area contributed by atoms with Crippen molar-refractivity contribution >= 4 is 20.8 Å². The first-order valence-corrected chi connectivity index (χ1v) is 9.57. The number of nitrogens with zero attached hydrogens (tertiary/aromatic N) is 4. The summed E-state index contributed by atoms with van der Waals surface area (Å²) in [6.45, 7) is -1.03. The average molecular weight is 401 g/mol. The van der Waals surface area contributed by atoms with E-state index >= 15 is 0 Å². The van der Waals surface area contributed by atoms with Crippen LogP contribution in [0.4, 0.5) is 4.39 Å². The predicted octanol–water partition coefficient (Wildman–Crippen LogP) is 1.33. The highest BCUT2D eigenvalue weighted by Gasteiger charge is 2.27. The van der Waals surface area contributed by atoms with Crippen molar-refractivity contribution in [1.29, 1.82) is 0 Å². The van der Waals surface area contributed by atoms with Crippen molar-refractivity contribution in [3.63, 3.8) is 0 Å². The first kappa shape index (κ1) is 17.9. The van der Waals surface area contributed by atoms with E-state index in [-0.39, 0.29) is 21.8 Å². The molecule has 0 amide bonds. The number of aromatic amines is 1. The maximum absolute atomic E-state index is 13.6. The predicted molar refractivity (Wildman–Crippen MR) is 96.1 cm³/mol. The van der Waals surface area contributed by atoms with E-state index in [0.29, 0.717) is 16.5 Å². The van der Waals surface area contributed by atoms with E-state index in [9.17, 15) is 18.0 Å². The fourth-order valence-electron chi connectivity index (χ4n) is 3.22. The fraction of sp³-hybridized carbons (Fsp3) is 0.0588. The minimum absolute atomic E-state index is 0.0283. The van der Waals surface area contributed by atoms with Gasteiger partial charge in [-0.2, -0.15) is 5.21 Å². The van der Waals surface area contributed by atoms with Crippen LogP contribution >= 0.6 is 0 Å². The second kappa shape index (κ2) is 6.62. The van der Waals surface area contributed by atoms with Crippen molar-refractivity contribution in [2.75, 3.05) is 0 Å². The molecule has 4 aromatic rings. The zero-order valence-electron chi connectivity index (χ0n) is 14.2. The Bertz CT molecular complexity index is 1290. The summed E-state index contributed by atoms with van der Waals surface area (Å²) >= 11 is 0. The molecule has 4 N–H and O–H groups in total. The molecule has 0 saturated heterocycles. The van der Waals surface area contributed by atoms with Gasteiger partial charge in [-0.15, -0.1) is 10.2 Å². The fourth-order valence-corrected chi connectivity index (χ4v) is 4.20. The zero-order valence-corrected chi connectivity index (χ0v) is 15.1. The molecule has 0 saturated carbocycles. The highest BCUT2D eigenvalue weighted by molar-refractivity contribution is 7.89. The van der Waals surface area contributed by atoms with Gasteiger partial charge in [0.2, 0.25) is 28.2 Å². The molecule has 0 aliphatic heterocycles. The molecule has 2 heterocycles. The van der Waals surface area contributed by atoms with Crippen LogP contribution in [0.1, 0.15) is 5.56 Å². The number of pyridine rings is 1. The number of benzene rings is 2. The van der Waals surface area contributed by atoms with E-state index in [1.807, 2.05) is 0 Å². The summed E-state index contributed by atoms with van der Waals surface area (Å²) in [5.41, 5.74) is 1.02. The average Bonchev–Trinajstić information content (AvgIpc) is 3.20. The number of sulfonamides is 1. The Morgan fingerprint density at radius 2 is 2.00 bits per heavy atom. The van der Waals surface area contributed by atoms with Crippen LogP contribution < -0.4 is 9.87 Å². The Balaban J connectivity index is 2.15. The SMILES string of the molecule is NS(=O)(=O)c1c(CF)ccc(-c2cccc3c[n+](O)ccc23)c1-c1nn[nH]n1. The lowest BCUT2D eigenvalue weighted by Crippen LogP contribution is -2.27. The van der Waals surface area contributed by atoms with Gasteiger partial charge in [0.15, 0.2) is 0 Å². The van der Waals surface area contributed by atoms with Crippen molar-refractivity contribution in [3.05, 3.63) is 54.4 Å². The Labute approximate surface area is 158 Å². The van der Waals surface area contributed by atoms with Gasteiger partial charge in [-0.1, -0.05) is 24.3 Å². The van der Waals surface area contributed by atoms with Crippen LogP contribution in [0.2, 0.25) is 0 Å². The van der Waals surface area contributed by atoms with Gasteiger partial charge in [0.25, 0.3) is 0 Å². The third-order valence-electron chi connectivity index (χ3n) is 4.33. The summed E-state index contributed by atoms with van der Waals surface area (Å²) in [6.07, 6.45) is 2.94. The molecule has 28 heavy (non-hydrogen) atoms. The Kier molecular flexibility index (Phi) is 4.24. The lowest BCUT2D eigenvalue weighted by Gasteiger charge is -2.15. The molecule has 2 aromatic heterocycles. The third kappa shape index (κ3) is 2.96. The second-order valence-corrected chi connectivity index (χ2v) is 7.52. The zero-order chi connectivity index (χ0) is 19.9. The number of nitrogens with one attached hydrogen (secondary N) is 1. The number of hydrogen-bond donors (Lipinski definition) is 3. The summed E-state index contributed by atoms with van der Waals surface area (Å²) in [6, 6.07) is 9.93. The van der Waals surface area contributed by atoms with E-state index < -0.39 is 16.7 Å². The molecular weight excluding hydrogens is 387 g/mol. The summed E-state index contributed by atoms with van der Waals surface area (Å²) in [7, 11) is -4.30. The number of halogens is 1. The molecular formula is C17H14FN6O3S+. The molecule has 0 aliphatic rings. The van der Waals surface area contributed by atoms with E-state index in [0.717, 1.165) is 10.1 Å². The molecule has 0 radical (unpaired) electrons. The van der Waals surface area contributed by atoms with Gasteiger partial charge in [0, 0.05) is 21.7 Å². The maximum atomic E-state index is 13.6. The summed E-state index contributed by atoms with van der Waals surface area (Å²) in [5, 5.41) is 30.0. The van der Waals surface area contributed by atoms with Crippen LogP contribution in [-0.2, 0) is 16.7 Å². The van der Waals surface area contributed by atoms with Crippen molar-refractivity contribution in [1.82, 2.24) is 20.6 Å². The van der Waals surface area contributed by atoms with Crippen molar-refractivity contribution in [2.45, 2.75) is 11.6 Å². The van der Waals surface area contributed by atoms with Gasteiger partial charge in [0.05, 0.1) is 15.8 Å². The quantitative estimate of drug-likeness (QED) is 0.348. The summed E-state index contributed by atoms with van der Waals surface area (Å²) in [4.78, 5) is -0.390. The van der Waals surface area contributed by atoms with Gasteiger partial charge in [-0.3, -0.25) is 5.21 Å². The smallest absolute Gasteiger partial charge is 0.239 e. The third-order valence-corrected chi connectivity index (χ3v) is 5.37. The van der Waals surface area contributed by atoms with Crippen LogP contribution in [0.5, 0.6) is 0 Å². The minimum atomic E-state index is -4.30. The first-order valence-electron chi connectivity index (χ1n) is 8.02. The van der Waals surface area contributed by atoms with Crippen molar-refractivity contribution in [3.8, 4) is 22.5 Å². The standard InChI is InChI=1S/C17H14FN6O3S/c18-8-10-4-5-14(13-3-1-2-11-9-24(25)7-6-12(11)13)15(16(10)28(19,26)27)17-20-22-23-21-17/h1-7,9,25H,8H2,(H2,19,26,27)(H,20,21,22,23)/q+1. The number of alkyl halides is 1. The van der Waals surface area contributed by atoms with Gasteiger partial charge in [-0.25, -0.2) is 17.9 Å². The molecule has 2 aromatic carbocycles. The van der Waals surface area contributed by atoms with E-state index in [1.54, 1.807) is 30.3 Å². The molecule has 142 valence electrons. The van der Waals surface area contributed by atoms with Gasteiger partial charge >= 0.3 is 0 Å². The lowest BCUT2D eigenvalue weighted by atomic mass is 9.93. The van der Waals surface area contributed by atoms with Crippen LogP contribution in [-0.4, -0.2) is 34.2 Å². The van der Waals surface area contributed by atoms with Crippen molar-refractivity contribution < 1.29 is 22.7 Å². The topological polar surface area (TPSA) is 139 Å². The molecule has 9 nitrogen and oxygen atoms in total. The molecule has 11 heteroatoms.